The van der Waals surface area contributed by atoms with E-state index in [9.17, 15) is 0 Å². The molecule has 2 N–H and O–H groups in total. The van der Waals surface area contributed by atoms with Crippen molar-refractivity contribution in [2.75, 3.05) is 6.61 Å². The van der Waals surface area contributed by atoms with Gasteiger partial charge in [0.15, 0.2) is 0 Å². The molecule has 1 aliphatic carbocycles. The summed E-state index contributed by atoms with van der Waals surface area (Å²) in [5, 5.41) is 0. The molecule has 0 heterocycles. The van der Waals surface area contributed by atoms with Crippen LogP contribution in [0.25, 0.3) is 0 Å². The van der Waals surface area contributed by atoms with Crippen LogP contribution in [-0.4, -0.2) is 12.6 Å². The molecule has 0 saturated heterocycles. The van der Waals surface area contributed by atoms with Crippen LogP contribution in [0.5, 0.6) is 0 Å². The van der Waals surface area contributed by atoms with E-state index in [0.29, 0.717) is 12.5 Å². The van der Waals surface area contributed by atoms with E-state index in [0.717, 1.165) is 31.4 Å². The summed E-state index contributed by atoms with van der Waals surface area (Å²) >= 11 is 0. The van der Waals surface area contributed by atoms with E-state index in [2.05, 4.69) is 25.7 Å². The van der Waals surface area contributed by atoms with Crippen LogP contribution in [0.2, 0.25) is 0 Å². The summed E-state index contributed by atoms with van der Waals surface area (Å²) in [5.74, 6) is 1.28. The Morgan fingerprint density at radius 1 is 1.60 bits per heavy atom. The Bertz CT molecular complexity index is 223. The maximum atomic E-state index is 6.00. The van der Waals surface area contributed by atoms with Crippen molar-refractivity contribution in [3.8, 4) is 0 Å². The first kappa shape index (κ1) is 12.3. The van der Waals surface area contributed by atoms with Crippen molar-refractivity contribution in [1.29, 1.82) is 0 Å². The highest BCUT2D eigenvalue weighted by molar-refractivity contribution is 4.99. The Kier molecular flexibility index (Phi) is 5.48. The van der Waals surface area contributed by atoms with Gasteiger partial charge in [0.05, 0.1) is 12.4 Å². The Morgan fingerprint density at radius 3 is 3.07 bits per heavy atom. The Hall–Kier alpha value is -0.760. The molecule has 2 nitrogen and oxygen atoms in total. The van der Waals surface area contributed by atoms with Gasteiger partial charge in [-0.15, -0.1) is 0 Å². The van der Waals surface area contributed by atoms with Crippen LogP contribution in [0, 0.1) is 5.92 Å². The van der Waals surface area contributed by atoms with Crippen molar-refractivity contribution in [2.45, 2.75) is 45.1 Å². The molecule has 2 atom stereocenters. The minimum absolute atomic E-state index is 0.258. The predicted molar refractivity (Wildman–Crippen MR) is 64.5 cm³/mol. The van der Waals surface area contributed by atoms with Crippen molar-refractivity contribution in [3.63, 3.8) is 0 Å². The molecule has 0 radical (unpaired) electrons. The zero-order valence-corrected chi connectivity index (χ0v) is 9.74. The van der Waals surface area contributed by atoms with E-state index >= 15 is 0 Å². The van der Waals surface area contributed by atoms with Gasteiger partial charge in [-0.25, -0.2) is 0 Å². The van der Waals surface area contributed by atoms with Crippen LogP contribution in [0.3, 0.4) is 0 Å². The van der Waals surface area contributed by atoms with Gasteiger partial charge in [-0.2, -0.15) is 0 Å². The molecule has 0 amide bonds. The van der Waals surface area contributed by atoms with Gasteiger partial charge >= 0.3 is 0 Å². The molecule has 2 unspecified atom stereocenters. The van der Waals surface area contributed by atoms with E-state index in [1.807, 2.05) is 0 Å². The fraction of sp³-hybridized carbons (Fsp3) is 0.692. The topological polar surface area (TPSA) is 35.2 Å². The molecule has 0 saturated carbocycles. The van der Waals surface area contributed by atoms with Crippen molar-refractivity contribution in [3.05, 3.63) is 24.5 Å². The fourth-order valence-electron chi connectivity index (χ4n) is 1.76. The molecule has 0 aromatic carbocycles. The van der Waals surface area contributed by atoms with Gasteiger partial charge in [0.1, 0.15) is 0 Å². The van der Waals surface area contributed by atoms with Gasteiger partial charge in [-0.1, -0.05) is 32.1 Å². The van der Waals surface area contributed by atoms with Gasteiger partial charge in [0, 0.05) is 18.4 Å². The molecular formula is C13H23NO. The van der Waals surface area contributed by atoms with E-state index in [-0.39, 0.29) is 6.04 Å². The third-order valence-electron chi connectivity index (χ3n) is 2.89. The summed E-state index contributed by atoms with van der Waals surface area (Å²) < 4.78 is 5.63. The SMILES string of the molecule is C=C(CCCC)OCC1C=CCCC1N. The molecule has 0 bridgehead atoms. The first-order valence-electron chi connectivity index (χ1n) is 5.97. The smallest absolute Gasteiger partial charge is 0.0954 e. The minimum Gasteiger partial charge on any atom is -0.498 e. The number of rotatable bonds is 6. The highest BCUT2D eigenvalue weighted by Crippen LogP contribution is 2.18. The van der Waals surface area contributed by atoms with Crippen molar-refractivity contribution < 1.29 is 4.74 Å². The number of nitrogens with two attached hydrogens (primary N) is 1. The van der Waals surface area contributed by atoms with Gasteiger partial charge < -0.3 is 10.5 Å². The summed E-state index contributed by atoms with van der Waals surface area (Å²) in [5.41, 5.74) is 6.00. The van der Waals surface area contributed by atoms with Gasteiger partial charge in [-0.05, 0) is 19.3 Å². The predicted octanol–water partition coefficient (Wildman–Crippen LogP) is 3.00. The largest absolute Gasteiger partial charge is 0.498 e. The minimum atomic E-state index is 0.258. The average molecular weight is 209 g/mol. The lowest BCUT2D eigenvalue weighted by molar-refractivity contribution is 0.159. The molecule has 0 aromatic rings. The van der Waals surface area contributed by atoms with Crippen LogP contribution < -0.4 is 5.73 Å². The number of hydrogen-bond donors (Lipinski definition) is 1. The zero-order chi connectivity index (χ0) is 11.1. The Morgan fingerprint density at radius 2 is 2.40 bits per heavy atom. The maximum Gasteiger partial charge on any atom is 0.0954 e. The normalized spacial score (nSPS) is 25.2. The molecule has 0 fully saturated rings. The first-order chi connectivity index (χ1) is 7.24. The number of allylic oxidation sites excluding steroid dienone is 2. The van der Waals surface area contributed by atoms with Crippen LogP contribution in [0.4, 0.5) is 0 Å². The van der Waals surface area contributed by atoms with Crippen LogP contribution in [-0.2, 0) is 4.74 Å². The van der Waals surface area contributed by atoms with E-state index in [4.69, 9.17) is 10.5 Å². The zero-order valence-electron chi connectivity index (χ0n) is 9.74. The summed E-state index contributed by atoms with van der Waals surface area (Å²) in [4.78, 5) is 0. The third kappa shape index (κ3) is 4.52. The number of unbranched alkanes of at least 4 members (excludes halogenated alkanes) is 1. The lowest BCUT2D eigenvalue weighted by Gasteiger charge is -2.24. The Balaban J connectivity index is 2.20. The first-order valence-corrected chi connectivity index (χ1v) is 5.97. The van der Waals surface area contributed by atoms with Crippen molar-refractivity contribution in [2.24, 2.45) is 11.7 Å². The van der Waals surface area contributed by atoms with E-state index in [1.165, 1.54) is 6.42 Å². The van der Waals surface area contributed by atoms with E-state index < -0.39 is 0 Å². The second-order valence-electron chi connectivity index (χ2n) is 4.29. The number of hydrogen-bond acceptors (Lipinski definition) is 2. The van der Waals surface area contributed by atoms with Gasteiger partial charge in [-0.3, -0.25) is 0 Å². The molecule has 0 spiro atoms. The summed E-state index contributed by atoms with van der Waals surface area (Å²) in [6.07, 6.45) is 9.88. The summed E-state index contributed by atoms with van der Waals surface area (Å²) in [7, 11) is 0. The molecule has 2 heteroatoms. The molecule has 15 heavy (non-hydrogen) atoms. The molecule has 0 aromatic heterocycles. The molecular weight excluding hydrogens is 186 g/mol. The highest BCUT2D eigenvalue weighted by atomic mass is 16.5. The average Bonchev–Trinajstić information content (AvgIpc) is 2.25. The lowest BCUT2D eigenvalue weighted by atomic mass is 9.92. The van der Waals surface area contributed by atoms with Crippen molar-refractivity contribution >= 4 is 0 Å². The fourth-order valence-corrected chi connectivity index (χ4v) is 1.76. The van der Waals surface area contributed by atoms with Crippen LogP contribution in [0.15, 0.2) is 24.5 Å². The molecule has 1 rings (SSSR count). The Labute approximate surface area is 93.2 Å². The summed E-state index contributed by atoms with van der Waals surface area (Å²) in [6.45, 7) is 6.78. The van der Waals surface area contributed by atoms with Crippen LogP contribution >= 0.6 is 0 Å². The third-order valence-corrected chi connectivity index (χ3v) is 2.89. The lowest BCUT2D eigenvalue weighted by Crippen LogP contribution is -2.33. The molecule has 1 aliphatic rings. The van der Waals surface area contributed by atoms with Crippen LogP contribution in [0.1, 0.15) is 39.0 Å². The van der Waals surface area contributed by atoms with Gasteiger partial charge in [0.25, 0.3) is 0 Å². The maximum absolute atomic E-state index is 6.00. The molecule has 0 aliphatic heterocycles. The van der Waals surface area contributed by atoms with Gasteiger partial charge in [0.2, 0.25) is 0 Å². The van der Waals surface area contributed by atoms with E-state index in [1.54, 1.807) is 0 Å². The number of ether oxygens (including phenoxy) is 1. The quantitative estimate of drug-likeness (QED) is 0.539. The second kappa shape index (κ2) is 6.67. The second-order valence-corrected chi connectivity index (χ2v) is 4.29. The monoisotopic (exact) mass is 209 g/mol. The molecule has 86 valence electrons. The summed E-state index contributed by atoms with van der Waals surface area (Å²) in [6, 6.07) is 0.258. The highest BCUT2D eigenvalue weighted by Gasteiger charge is 2.18. The van der Waals surface area contributed by atoms with Crippen molar-refractivity contribution in [1.82, 2.24) is 0 Å². The standard InChI is InChI=1S/C13H23NO/c1-3-4-7-11(2)15-10-12-8-5-6-9-13(12)14/h5,8,12-13H,2-4,6-7,9-10,14H2,1H3.